The van der Waals surface area contributed by atoms with Crippen LogP contribution < -0.4 is 0 Å². The van der Waals surface area contributed by atoms with Crippen molar-refractivity contribution in [1.29, 1.82) is 0 Å². The van der Waals surface area contributed by atoms with Gasteiger partial charge in [-0.3, -0.25) is 4.79 Å². The Kier molecular flexibility index (Phi) is 6.45. The van der Waals surface area contributed by atoms with E-state index < -0.39 is 27.7 Å². The summed E-state index contributed by atoms with van der Waals surface area (Å²) in [6.07, 6.45) is -4.04. The summed E-state index contributed by atoms with van der Waals surface area (Å²) in [5.41, 5.74) is 0.812. The molecule has 0 amide bonds. The van der Waals surface area contributed by atoms with Gasteiger partial charge in [0.05, 0.1) is 29.3 Å². The predicted molar refractivity (Wildman–Crippen MR) is 112 cm³/mol. The molecule has 32 heavy (non-hydrogen) atoms. The number of esters is 1. The minimum Gasteiger partial charge on any atom is -0.466 e. The maximum Gasteiger partial charge on any atom is 0.435 e. The Morgan fingerprint density at radius 3 is 2.31 bits per heavy atom. The number of hydrogen-bond donors (Lipinski definition) is 0. The van der Waals surface area contributed by atoms with Crippen LogP contribution in [0.4, 0.5) is 13.2 Å². The molecule has 0 saturated carbocycles. The zero-order chi connectivity index (χ0) is 23.7. The summed E-state index contributed by atoms with van der Waals surface area (Å²) in [4.78, 5) is 11.9. The molecule has 0 aliphatic carbocycles. The summed E-state index contributed by atoms with van der Waals surface area (Å²) in [6.45, 7) is 3.58. The van der Waals surface area contributed by atoms with Crippen molar-refractivity contribution >= 4 is 15.8 Å². The fourth-order valence-corrected chi connectivity index (χ4v) is 4.13. The van der Waals surface area contributed by atoms with E-state index in [-0.39, 0.29) is 34.9 Å². The minimum atomic E-state index is -4.68. The lowest BCUT2D eigenvalue weighted by Gasteiger charge is -2.13. The van der Waals surface area contributed by atoms with Gasteiger partial charge in [-0.2, -0.15) is 18.3 Å². The molecule has 0 N–H and O–H groups in total. The molecule has 0 spiro atoms. The number of aryl methyl sites for hydroxylation is 1. The number of nitrogens with zero attached hydrogens (tertiary/aromatic N) is 2. The normalized spacial score (nSPS) is 12.1. The number of rotatable bonds is 6. The zero-order valence-electron chi connectivity index (χ0n) is 17.6. The van der Waals surface area contributed by atoms with Crippen LogP contribution in [0, 0.1) is 6.92 Å². The molecule has 0 fully saturated rings. The van der Waals surface area contributed by atoms with Gasteiger partial charge in [0.1, 0.15) is 0 Å². The van der Waals surface area contributed by atoms with E-state index in [1.807, 2.05) is 6.92 Å². The lowest BCUT2D eigenvalue weighted by atomic mass is 10.1. The van der Waals surface area contributed by atoms with Crippen LogP contribution in [0.3, 0.4) is 0 Å². The minimum absolute atomic E-state index is 0.102. The first-order valence-corrected chi connectivity index (χ1v) is 11.5. The van der Waals surface area contributed by atoms with Crippen molar-refractivity contribution in [3.05, 3.63) is 65.4 Å². The monoisotopic (exact) mass is 466 g/mol. The number of benzene rings is 2. The molecule has 0 atom stereocenters. The molecule has 6 nitrogen and oxygen atoms in total. The maximum absolute atomic E-state index is 13.4. The van der Waals surface area contributed by atoms with E-state index in [1.54, 1.807) is 31.2 Å². The topological polar surface area (TPSA) is 78.3 Å². The largest absolute Gasteiger partial charge is 0.466 e. The van der Waals surface area contributed by atoms with Crippen LogP contribution >= 0.6 is 0 Å². The second-order valence-electron chi connectivity index (χ2n) is 7.24. The van der Waals surface area contributed by atoms with E-state index in [4.69, 9.17) is 4.74 Å². The lowest BCUT2D eigenvalue weighted by molar-refractivity contribution is -0.142. The molecule has 0 bridgehead atoms. The quantitative estimate of drug-likeness (QED) is 0.504. The Balaban J connectivity index is 2.21. The van der Waals surface area contributed by atoms with E-state index in [2.05, 4.69) is 5.10 Å². The number of aromatic nitrogens is 2. The van der Waals surface area contributed by atoms with Crippen molar-refractivity contribution in [2.24, 2.45) is 0 Å². The smallest absolute Gasteiger partial charge is 0.435 e. The SMILES string of the molecule is CCOC(=O)Cc1cc(-n2nc(C(F)(F)F)cc2-c2ccc(C)cc2)ccc1S(C)(=O)=O. The molecule has 1 heterocycles. The summed E-state index contributed by atoms with van der Waals surface area (Å²) in [5, 5.41) is 3.73. The van der Waals surface area contributed by atoms with Crippen LogP contribution in [-0.2, 0) is 32.0 Å². The Bertz CT molecular complexity index is 1250. The maximum atomic E-state index is 13.4. The summed E-state index contributed by atoms with van der Waals surface area (Å²) < 4.78 is 70.6. The molecule has 2 aromatic carbocycles. The Morgan fingerprint density at radius 1 is 1.09 bits per heavy atom. The van der Waals surface area contributed by atoms with Gasteiger partial charge in [-0.1, -0.05) is 29.8 Å². The third kappa shape index (κ3) is 5.18. The lowest BCUT2D eigenvalue weighted by Crippen LogP contribution is -2.13. The van der Waals surface area contributed by atoms with Gasteiger partial charge in [-0.05, 0) is 43.7 Å². The highest BCUT2D eigenvalue weighted by Crippen LogP contribution is 2.34. The molecule has 0 unspecified atom stereocenters. The van der Waals surface area contributed by atoms with E-state index in [0.29, 0.717) is 5.56 Å². The van der Waals surface area contributed by atoms with E-state index in [9.17, 15) is 26.4 Å². The van der Waals surface area contributed by atoms with Crippen LogP contribution in [0.25, 0.3) is 16.9 Å². The third-order valence-electron chi connectivity index (χ3n) is 4.68. The van der Waals surface area contributed by atoms with Gasteiger partial charge in [0, 0.05) is 11.8 Å². The number of halogens is 3. The molecular weight excluding hydrogens is 445 g/mol. The van der Waals surface area contributed by atoms with Crippen LogP contribution in [0.15, 0.2) is 53.4 Å². The second kappa shape index (κ2) is 8.78. The third-order valence-corrected chi connectivity index (χ3v) is 5.87. The standard InChI is InChI=1S/C22H21F3N2O4S/c1-4-31-21(28)12-16-11-17(9-10-19(16)32(3,29)30)27-18(13-20(26-27)22(23,24)25)15-7-5-14(2)6-8-15/h5-11,13H,4,12H2,1-3H3. The fraction of sp³-hybridized carbons (Fsp3) is 0.273. The zero-order valence-corrected chi connectivity index (χ0v) is 18.4. The second-order valence-corrected chi connectivity index (χ2v) is 9.22. The van der Waals surface area contributed by atoms with Crippen LogP contribution in [0.2, 0.25) is 0 Å². The highest BCUT2D eigenvalue weighted by atomic mass is 32.2. The van der Waals surface area contributed by atoms with Crippen molar-refractivity contribution in [3.63, 3.8) is 0 Å². The highest BCUT2D eigenvalue weighted by Gasteiger charge is 2.35. The molecule has 1 aromatic heterocycles. The number of ether oxygens (including phenoxy) is 1. The molecule has 3 rings (SSSR count). The van der Waals surface area contributed by atoms with Crippen LogP contribution in [0.5, 0.6) is 0 Å². The highest BCUT2D eigenvalue weighted by molar-refractivity contribution is 7.90. The molecule has 0 aliphatic rings. The molecule has 10 heteroatoms. The molecule has 3 aromatic rings. The number of sulfone groups is 1. The number of carbonyl (C=O) groups excluding carboxylic acids is 1. The molecule has 0 saturated heterocycles. The van der Waals surface area contributed by atoms with Crippen molar-refractivity contribution in [2.75, 3.05) is 12.9 Å². The average molecular weight is 466 g/mol. The summed E-state index contributed by atoms with van der Waals surface area (Å²) >= 11 is 0. The Labute approximate surface area is 183 Å². The van der Waals surface area contributed by atoms with Gasteiger partial charge in [-0.25, -0.2) is 13.1 Å². The van der Waals surface area contributed by atoms with Gasteiger partial charge in [0.15, 0.2) is 15.5 Å². The molecule has 0 aliphatic heterocycles. The molecular formula is C22H21F3N2O4S. The Morgan fingerprint density at radius 2 is 1.75 bits per heavy atom. The predicted octanol–water partition coefficient (Wildman–Crippen LogP) is 4.38. The van der Waals surface area contributed by atoms with Gasteiger partial charge in [-0.15, -0.1) is 0 Å². The summed E-state index contributed by atoms with van der Waals surface area (Å²) in [6, 6.07) is 11.8. The van der Waals surface area contributed by atoms with Crippen molar-refractivity contribution in [2.45, 2.75) is 31.3 Å². The van der Waals surface area contributed by atoms with E-state index >= 15 is 0 Å². The number of carbonyl (C=O) groups is 1. The van der Waals surface area contributed by atoms with Crippen LogP contribution in [-0.4, -0.2) is 37.0 Å². The van der Waals surface area contributed by atoms with E-state index in [1.165, 1.54) is 18.2 Å². The van der Waals surface area contributed by atoms with Crippen molar-refractivity contribution < 1.29 is 31.1 Å². The van der Waals surface area contributed by atoms with Crippen LogP contribution in [0.1, 0.15) is 23.7 Å². The molecule has 170 valence electrons. The molecule has 0 radical (unpaired) electrons. The van der Waals surface area contributed by atoms with Crippen molar-refractivity contribution in [1.82, 2.24) is 9.78 Å². The van der Waals surface area contributed by atoms with Gasteiger partial charge < -0.3 is 4.74 Å². The number of alkyl halides is 3. The summed E-state index contributed by atoms with van der Waals surface area (Å²) in [5.74, 6) is -0.648. The summed E-state index contributed by atoms with van der Waals surface area (Å²) in [7, 11) is -3.70. The Hall–Kier alpha value is -3.14. The first kappa shape index (κ1) is 23.5. The first-order chi connectivity index (χ1) is 14.9. The van der Waals surface area contributed by atoms with E-state index in [0.717, 1.165) is 22.6 Å². The van der Waals surface area contributed by atoms with Gasteiger partial charge in [0.25, 0.3) is 0 Å². The van der Waals surface area contributed by atoms with Gasteiger partial charge in [0.2, 0.25) is 0 Å². The first-order valence-electron chi connectivity index (χ1n) is 9.63. The van der Waals surface area contributed by atoms with Gasteiger partial charge >= 0.3 is 12.1 Å². The number of hydrogen-bond acceptors (Lipinski definition) is 5. The van der Waals surface area contributed by atoms with Crippen molar-refractivity contribution in [3.8, 4) is 16.9 Å². The average Bonchev–Trinajstić information content (AvgIpc) is 3.14. The fourth-order valence-electron chi connectivity index (χ4n) is 3.21.